The molecule has 1 aromatic heterocycles. The summed E-state index contributed by atoms with van der Waals surface area (Å²) >= 11 is 0. The van der Waals surface area contributed by atoms with E-state index < -0.39 is 0 Å². The number of para-hydroxylation sites is 1. The molecule has 0 radical (unpaired) electrons. The van der Waals surface area contributed by atoms with Gasteiger partial charge in [0, 0.05) is 17.5 Å². The molecule has 0 aliphatic carbocycles. The van der Waals surface area contributed by atoms with Crippen LogP contribution in [-0.4, -0.2) is 36.5 Å². The van der Waals surface area contributed by atoms with Crippen molar-refractivity contribution in [3.63, 3.8) is 0 Å². The highest BCUT2D eigenvalue weighted by atomic mass is 16.5. The molecule has 0 unspecified atom stereocenters. The van der Waals surface area contributed by atoms with Crippen LogP contribution in [0.5, 0.6) is 11.5 Å². The summed E-state index contributed by atoms with van der Waals surface area (Å²) in [6.45, 7) is 0.693. The number of nitrogens with zero attached hydrogens (tertiary/aromatic N) is 2. The minimum Gasteiger partial charge on any atom is -0.493 e. The molecule has 3 aromatic carbocycles. The number of benzene rings is 3. The minimum absolute atomic E-state index is 0.0756. The Labute approximate surface area is 181 Å². The van der Waals surface area contributed by atoms with Gasteiger partial charge in [0.15, 0.2) is 11.5 Å². The Balaban J connectivity index is 1.43. The van der Waals surface area contributed by atoms with Gasteiger partial charge < -0.3 is 14.8 Å². The normalized spacial score (nSPS) is 10.8. The van der Waals surface area contributed by atoms with Crippen LogP contribution in [-0.2, 0) is 17.8 Å². The van der Waals surface area contributed by atoms with E-state index in [1.54, 1.807) is 18.9 Å². The topological polar surface area (TPSA) is 65.4 Å². The molecule has 1 N–H and O–H groups in total. The molecule has 4 aromatic rings. The highest BCUT2D eigenvalue weighted by Crippen LogP contribution is 2.28. The third kappa shape index (κ3) is 4.53. The Kier molecular flexibility index (Phi) is 6.17. The van der Waals surface area contributed by atoms with E-state index in [2.05, 4.69) is 5.32 Å². The average molecular weight is 415 g/mol. The Hall–Kier alpha value is -3.80. The molecule has 1 heterocycles. The molecule has 31 heavy (non-hydrogen) atoms. The van der Waals surface area contributed by atoms with Gasteiger partial charge in [0.05, 0.1) is 19.7 Å². The fourth-order valence-electron chi connectivity index (χ4n) is 3.63. The second kappa shape index (κ2) is 9.34. The molecule has 158 valence electrons. The molecule has 0 bridgehead atoms. The van der Waals surface area contributed by atoms with Gasteiger partial charge in [-0.15, -0.1) is 0 Å². The highest BCUT2D eigenvalue weighted by Gasteiger charge is 2.14. The number of aromatic nitrogens is 2. The van der Waals surface area contributed by atoms with Crippen LogP contribution in [0.1, 0.15) is 5.56 Å². The van der Waals surface area contributed by atoms with Crippen molar-refractivity contribution < 1.29 is 14.3 Å². The average Bonchev–Trinajstić information content (AvgIpc) is 3.18. The first-order chi connectivity index (χ1) is 15.2. The summed E-state index contributed by atoms with van der Waals surface area (Å²) in [7, 11) is 3.22. The third-order valence-electron chi connectivity index (χ3n) is 5.18. The van der Waals surface area contributed by atoms with Crippen LogP contribution in [0.25, 0.3) is 22.2 Å². The number of hydrogen-bond acceptors (Lipinski definition) is 4. The lowest BCUT2D eigenvalue weighted by Gasteiger charge is -2.10. The molecule has 6 heteroatoms. The summed E-state index contributed by atoms with van der Waals surface area (Å²) in [5.74, 6) is 1.30. The van der Waals surface area contributed by atoms with Gasteiger partial charge in [-0.1, -0.05) is 54.6 Å². The molecule has 0 atom stereocenters. The van der Waals surface area contributed by atoms with Crippen LogP contribution in [0.3, 0.4) is 0 Å². The van der Waals surface area contributed by atoms with E-state index >= 15 is 0 Å². The lowest BCUT2D eigenvalue weighted by atomic mass is 10.1. The number of carbonyl (C=O) groups is 1. The molecule has 4 rings (SSSR count). The Bertz CT molecular complexity index is 1190. The van der Waals surface area contributed by atoms with E-state index in [4.69, 9.17) is 14.6 Å². The second-order valence-corrected chi connectivity index (χ2v) is 7.18. The number of carbonyl (C=O) groups excluding carboxylic acids is 1. The van der Waals surface area contributed by atoms with Crippen molar-refractivity contribution in [1.82, 2.24) is 15.1 Å². The van der Waals surface area contributed by atoms with Gasteiger partial charge in [0.1, 0.15) is 12.2 Å². The van der Waals surface area contributed by atoms with E-state index in [0.29, 0.717) is 24.5 Å². The molecule has 0 fully saturated rings. The molecule has 0 aliphatic rings. The second-order valence-electron chi connectivity index (χ2n) is 7.18. The number of hydrogen-bond donors (Lipinski definition) is 1. The van der Waals surface area contributed by atoms with Gasteiger partial charge >= 0.3 is 0 Å². The van der Waals surface area contributed by atoms with E-state index in [9.17, 15) is 4.79 Å². The molecule has 6 nitrogen and oxygen atoms in total. The largest absolute Gasteiger partial charge is 0.493 e. The Morgan fingerprint density at radius 3 is 2.45 bits per heavy atom. The predicted molar refractivity (Wildman–Crippen MR) is 121 cm³/mol. The maximum absolute atomic E-state index is 12.6. The van der Waals surface area contributed by atoms with E-state index in [1.807, 2.05) is 72.8 Å². The summed E-state index contributed by atoms with van der Waals surface area (Å²) < 4.78 is 12.4. The summed E-state index contributed by atoms with van der Waals surface area (Å²) in [5.41, 5.74) is 3.92. The standard InChI is InChI=1S/C25H25N3O3/c1-30-22-13-12-18(16-23(22)31-2)14-15-26-24(29)17-28-21-11-7-6-10-20(21)25(27-28)19-8-4-3-5-9-19/h3-13,16H,14-15,17H2,1-2H3,(H,26,29). The number of rotatable bonds is 8. The molecule has 1 amide bonds. The number of nitrogens with one attached hydrogen (secondary N) is 1. The van der Waals surface area contributed by atoms with E-state index in [-0.39, 0.29) is 12.5 Å². The highest BCUT2D eigenvalue weighted by molar-refractivity contribution is 5.94. The van der Waals surface area contributed by atoms with Gasteiger partial charge in [-0.05, 0) is 30.2 Å². The van der Waals surface area contributed by atoms with Crippen LogP contribution < -0.4 is 14.8 Å². The number of ether oxygens (including phenoxy) is 2. The first-order valence-corrected chi connectivity index (χ1v) is 10.2. The summed E-state index contributed by atoms with van der Waals surface area (Å²) in [4.78, 5) is 12.6. The zero-order valence-electron chi connectivity index (χ0n) is 17.7. The van der Waals surface area contributed by atoms with Crippen molar-refractivity contribution in [2.45, 2.75) is 13.0 Å². The monoisotopic (exact) mass is 415 g/mol. The van der Waals surface area contributed by atoms with Crippen molar-refractivity contribution in [3.05, 3.63) is 78.4 Å². The van der Waals surface area contributed by atoms with Crippen LogP contribution in [0.2, 0.25) is 0 Å². The number of methoxy groups -OCH3 is 2. The third-order valence-corrected chi connectivity index (χ3v) is 5.18. The van der Waals surface area contributed by atoms with Crippen LogP contribution in [0.4, 0.5) is 0 Å². The van der Waals surface area contributed by atoms with Crippen LogP contribution in [0.15, 0.2) is 72.8 Å². The lowest BCUT2D eigenvalue weighted by Crippen LogP contribution is -2.29. The first-order valence-electron chi connectivity index (χ1n) is 10.2. The Morgan fingerprint density at radius 1 is 0.935 bits per heavy atom. The summed E-state index contributed by atoms with van der Waals surface area (Å²) in [6, 6.07) is 23.8. The van der Waals surface area contributed by atoms with Gasteiger partial charge in [0.25, 0.3) is 0 Å². The molecule has 0 spiro atoms. The zero-order chi connectivity index (χ0) is 21.6. The summed E-state index contributed by atoms with van der Waals surface area (Å²) in [6.07, 6.45) is 0.696. The SMILES string of the molecule is COc1ccc(CCNC(=O)Cn2nc(-c3ccccc3)c3ccccc32)cc1OC. The fourth-order valence-corrected chi connectivity index (χ4v) is 3.63. The molecule has 0 saturated heterocycles. The maximum Gasteiger partial charge on any atom is 0.241 e. The van der Waals surface area contributed by atoms with Crippen molar-refractivity contribution in [1.29, 1.82) is 0 Å². The van der Waals surface area contributed by atoms with Crippen LogP contribution in [0, 0.1) is 0 Å². The van der Waals surface area contributed by atoms with Gasteiger partial charge in [0.2, 0.25) is 5.91 Å². The Morgan fingerprint density at radius 2 is 1.68 bits per heavy atom. The number of amides is 1. The zero-order valence-corrected chi connectivity index (χ0v) is 17.7. The molecular formula is C25H25N3O3. The van der Waals surface area contributed by atoms with Gasteiger partial charge in [-0.25, -0.2) is 0 Å². The van der Waals surface area contributed by atoms with Crippen molar-refractivity contribution in [2.24, 2.45) is 0 Å². The smallest absolute Gasteiger partial charge is 0.241 e. The van der Waals surface area contributed by atoms with Crippen molar-refractivity contribution in [3.8, 4) is 22.8 Å². The fraction of sp³-hybridized carbons (Fsp3) is 0.200. The van der Waals surface area contributed by atoms with Crippen LogP contribution >= 0.6 is 0 Å². The van der Waals surface area contributed by atoms with Gasteiger partial charge in [-0.3, -0.25) is 9.48 Å². The molecule has 0 saturated carbocycles. The molecular weight excluding hydrogens is 390 g/mol. The van der Waals surface area contributed by atoms with Crippen molar-refractivity contribution in [2.75, 3.05) is 20.8 Å². The predicted octanol–water partition coefficient (Wildman–Crippen LogP) is 4.08. The summed E-state index contributed by atoms with van der Waals surface area (Å²) in [5, 5.41) is 8.75. The molecule has 0 aliphatic heterocycles. The maximum atomic E-state index is 12.6. The lowest BCUT2D eigenvalue weighted by molar-refractivity contribution is -0.121. The van der Waals surface area contributed by atoms with E-state index in [1.165, 1.54) is 0 Å². The quantitative estimate of drug-likeness (QED) is 0.471. The first kappa shape index (κ1) is 20.5. The van der Waals surface area contributed by atoms with Gasteiger partial charge in [-0.2, -0.15) is 5.10 Å². The minimum atomic E-state index is -0.0756. The van der Waals surface area contributed by atoms with Crippen molar-refractivity contribution >= 4 is 16.8 Å². The van der Waals surface area contributed by atoms with E-state index in [0.717, 1.165) is 27.7 Å². The number of fused-ring (bicyclic) bond motifs is 1.